The minimum absolute atomic E-state index is 0. The van der Waals surface area contributed by atoms with Crippen LogP contribution >= 0.6 is 36.4 Å². The van der Waals surface area contributed by atoms with Crippen molar-refractivity contribution in [1.82, 2.24) is 9.66 Å². The first-order chi connectivity index (χ1) is 13.1. The number of halogens is 3. The quantitative estimate of drug-likeness (QED) is 0.241. The summed E-state index contributed by atoms with van der Waals surface area (Å²) >= 11 is 5.94. The molecule has 0 aliphatic heterocycles. The van der Waals surface area contributed by atoms with Gasteiger partial charge >= 0.3 is 0 Å². The van der Waals surface area contributed by atoms with Crippen molar-refractivity contribution >= 4 is 53.9 Å². The van der Waals surface area contributed by atoms with Gasteiger partial charge in [0.2, 0.25) is 5.95 Å². The molecule has 5 N–H and O–H groups in total. The molecule has 0 amide bonds. The highest BCUT2D eigenvalue weighted by molar-refractivity contribution is 6.30. The SMILES string of the molecule is Cl.Cl.NC(=NO)c1cccc2c1CCC2=Nn1cc(-c2ccc(Cl)cc2)nc1N. The number of nitrogen functional groups attached to an aromatic ring is 1. The molecule has 0 atom stereocenters. The zero-order valence-corrected chi connectivity index (χ0v) is 17.5. The van der Waals surface area contributed by atoms with E-state index < -0.39 is 0 Å². The highest BCUT2D eigenvalue weighted by atomic mass is 35.5. The number of hydrogen-bond donors (Lipinski definition) is 3. The van der Waals surface area contributed by atoms with Gasteiger partial charge in [0.1, 0.15) is 0 Å². The summed E-state index contributed by atoms with van der Waals surface area (Å²) in [6.07, 6.45) is 3.29. The van der Waals surface area contributed by atoms with Crippen LogP contribution in [0.1, 0.15) is 23.1 Å². The minimum atomic E-state index is 0. The Bertz CT molecular complexity index is 1080. The molecule has 1 heterocycles. The van der Waals surface area contributed by atoms with Gasteiger partial charge < -0.3 is 16.7 Å². The van der Waals surface area contributed by atoms with E-state index in [9.17, 15) is 0 Å². The van der Waals surface area contributed by atoms with Crippen LogP contribution in [0.5, 0.6) is 0 Å². The molecule has 4 rings (SSSR count). The molecule has 29 heavy (non-hydrogen) atoms. The summed E-state index contributed by atoms with van der Waals surface area (Å²) in [5, 5.41) is 17.4. The molecule has 0 saturated carbocycles. The fraction of sp³-hybridized carbons (Fsp3) is 0.105. The fourth-order valence-electron chi connectivity index (χ4n) is 3.26. The molecular formula is C19H19Cl3N6O. The van der Waals surface area contributed by atoms with Crippen LogP contribution in [0.4, 0.5) is 5.95 Å². The van der Waals surface area contributed by atoms with E-state index in [0.717, 1.165) is 46.5 Å². The van der Waals surface area contributed by atoms with Crippen molar-refractivity contribution in [2.45, 2.75) is 12.8 Å². The number of nitrogens with two attached hydrogens (primary N) is 2. The van der Waals surface area contributed by atoms with Crippen LogP contribution in [0, 0.1) is 0 Å². The van der Waals surface area contributed by atoms with Gasteiger partial charge in [-0.3, -0.25) is 0 Å². The molecule has 3 aromatic rings. The summed E-state index contributed by atoms with van der Waals surface area (Å²) in [5.74, 6) is 0.397. The summed E-state index contributed by atoms with van der Waals surface area (Å²) in [7, 11) is 0. The zero-order chi connectivity index (χ0) is 19.0. The Balaban J connectivity index is 0.00000150. The third kappa shape index (κ3) is 4.32. The van der Waals surface area contributed by atoms with Crippen molar-refractivity contribution in [1.29, 1.82) is 0 Å². The molecule has 1 aromatic heterocycles. The molecule has 1 aliphatic rings. The van der Waals surface area contributed by atoms with Crippen LogP contribution in [-0.2, 0) is 6.42 Å². The van der Waals surface area contributed by atoms with Gasteiger partial charge in [-0.2, -0.15) is 5.10 Å². The van der Waals surface area contributed by atoms with Crippen LogP contribution in [0.15, 0.2) is 58.9 Å². The van der Waals surface area contributed by atoms with Gasteiger partial charge in [0, 0.05) is 21.7 Å². The third-order valence-electron chi connectivity index (χ3n) is 4.57. The molecule has 0 saturated heterocycles. The van der Waals surface area contributed by atoms with E-state index in [2.05, 4.69) is 15.2 Å². The maximum Gasteiger partial charge on any atom is 0.221 e. The second kappa shape index (κ2) is 9.17. The minimum Gasteiger partial charge on any atom is -0.409 e. The van der Waals surface area contributed by atoms with Gasteiger partial charge in [0.25, 0.3) is 0 Å². The van der Waals surface area contributed by atoms with Crippen molar-refractivity contribution in [2.75, 3.05) is 5.73 Å². The Morgan fingerprint density at radius 2 is 1.83 bits per heavy atom. The summed E-state index contributed by atoms with van der Waals surface area (Å²) in [6.45, 7) is 0. The normalized spacial score (nSPS) is 14.2. The number of amidine groups is 1. The molecule has 0 spiro atoms. The second-order valence-electron chi connectivity index (χ2n) is 6.20. The number of fused-ring (bicyclic) bond motifs is 1. The van der Waals surface area contributed by atoms with E-state index >= 15 is 0 Å². The number of anilines is 1. The number of imidazole rings is 1. The molecule has 2 aromatic carbocycles. The van der Waals surface area contributed by atoms with E-state index in [0.29, 0.717) is 11.0 Å². The van der Waals surface area contributed by atoms with Gasteiger partial charge in [-0.05, 0) is 30.5 Å². The van der Waals surface area contributed by atoms with E-state index in [1.54, 1.807) is 23.0 Å². The first-order valence-corrected chi connectivity index (χ1v) is 8.73. The molecule has 0 bridgehead atoms. The fourth-order valence-corrected chi connectivity index (χ4v) is 3.38. The molecule has 0 fully saturated rings. The van der Waals surface area contributed by atoms with E-state index in [1.165, 1.54) is 0 Å². The molecule has 7 nitrogen and oxygen atoms in total. The first kappa shape index (κ1) is 22.5. The number of aromatic nitrogens is 2. The van der Waals surface area contributed by atoms with Crippen molar-refractivity contribution in [3.8, 4) is 11.3 Å². The van der Waals surface area contributed by atoms with Crippen LogP contribution in [0.25, 0.3) is 11.3 Å². The first-order valence-electron chi connectivity index (χ1n) is 8.35. The van der Waals surface area contributed by atoms with Gasteiger partial charge in [0.05, 0.1) is 17.6 Å². The topological polar surface area (TPSA) is 115 Å². The average molecular weight is 454 g/mol. The molecular weight excluding hydrogens is 435 g/mol. The Hall–Kier alpha value is -2.74. The van der Waals surface area contributed by atoms with Crippen molar-refractivity contribution < 1.29 is 5.21 Å². The lowest BCUT2D eigenvalue weighted by Crippen LogP contribution is -2.15. The molecule has 10 heteroatoms. The smallest absolute Gasteiger partial charge is 0.221 e. The third-order valence-corrected chi connectivity index (χ3v) is 4.82. The standard InChI is InChI=1S/C19H17ClN6O.2ClH/c20-12-6-4-11(5-7-12)17-10-26(19(22)23-17)24-16-9-8-13-14(16)2-1-3-15(13)18(21)25-27;;/h1-7,10,27H,8-9H2,(H2,21,25)(H2,22,23);2*1H. The lowest BCUT2D eigenvalue weighted by molar-refractivity contribution is 0.318. The maximum atomic E-state index is 8.98. The number of benzene rings is 2. The van der Waals surface area contributed by atoms with Gasteiger partial charge in [-0.15, -0.1) is 24.8 Å². The van der Waals surface area contributed by atoms with Crippen LogP contribution < -0.4 is 11.5 Å². The largest absolute Gasteiger partial charge is 0.409 e. The van der Waals surface area contributed by atoms with E-state index in [-0.39, 0.29) is 30.6 Å². The van der Waals surface area contributed by atoms with Gasteiger partial charge in [-0.1, -0.05) is 47.1 Å². The lowest BCUT2D eigenvalue weighted by Gasteiger charge is -2.06. The molecule has 152 valence electrons. The van der Waals surface area contributed by atoms with Crippen LogP contribution in [0.2, 0.25) is 5.02 Å². The van der Waals surface area contributed by atoms with Crippen LogP contribution in [-0.4, -0.2) is 26.4 Å². The van der Waals surface area contributed by atoms with Crippen LogP contribution in [0.3, 0.4) is 0 Å². The highest BCUT2D eigenvalue weighted by Gasteiger charge is 2.22. The Morgan fingerprint density at radius 3 is 2.52 bits per heavy atom. The summed E-state index contributed by atoms with van der Waals surface area (Å²) < 4.78 is 1.57. The Kier molecular flexibility index (Phi) is 7.13. The summed E-state index contributed by atoms with van der Waals surface area (Å²) in [5.41, 5.74) is 17.1. The Labute approximate surface area is 184 Å². The monoisotopic (exact) mass is 452 g/mol. The second-order valence-corrected chi connectivity index (χ2v) is 6.64. The predicted molar refractivity (Wildman–Crippen MR) is 121 cm³/mol. The molecule has 0 unspecified atom stereocenters. The average Bonchev–Trinajstić information content (AvgIpc) is 3.26. The van der Waals surface area contributed by atoms with Gasteiger partial charge in [-0.25, -0.2) is 9.66 Å². The summed E-state index contributed by atoms with van der Waals surface area (Å²) in [4.78, 5) is 4.39. The highest BCUT2D eigenvalue weighted by Crippen LogP contribution is 2.27. The maximum absolute atomic E-state index is 8.98. The number of rotatable bonds is 3. The Morgan fingerprint density at radius 1 is 1.10 bits per heavy atom. The lowest BCUT2D eigenvalue weighted by atomic mass is 10.0. The number of nitrogens with zero attached hydrogens (tertiary/aromatic N) is 4. The van der Waals surface area contributed by atoms with Crippen molar-refractivity contribution in [2.24, 2.45) is 16.0 Å². The van der Waals surface area contributed by atoms with Crippen molar-refractivity contribution in [3.05, 3.63) is 70.4 Å². The van der Waals surface area contributed by atoms with E-state index in [4.69, 9.17) is 28.3 Å². The van der Waals surface area contributed by atoms with Crippen molar-refractivity contribution in [3.63, 3.8) is 0 Å². The number of hydrogen-bond acceptors (Lipinski definition) is 5. The number of oxime groups is 1. The zero-order valence-electron chi connectivity index (χ0n) is 15.1. The predicted octanol–water partition coefficient (Wildman–Crippen LogP) is 3.92. The summed E-state index contributed by atoms with van der Waals surface area (Å²) in [6, 6.07) is 13.1. The van der Waals surface area contributed by atoms with Gasteiger partial charge in [0.15, 0.2) is 5.84 Å². The molecule has 1 aliphatic carbocycles. The molecule has 0 radical (unpaired) electrons. The van der Waals surface area contributed by atoms with E-state index in [1.807, 2.05) is 30.3 Å².